The largest absolute Gasteiger partial charge is 0.497 e. The molecule has 1 aromatic carbocycles. The van der Waals surface area contributed by atoms with Crippen molar-refractivity contribution in [3.05, 3.63) is 46.5 Å². The summed E-state index contributed by atoms with van der Waals surface area (Å²) in [6, 6.07) is 3.26. The van der Waals surface area contributed by atoms with E-state index < -0.39 is 38.6 Å². The number of aromatic nitrogens is 2. The minimum absolute atomic E-state index is 0.113. The lowest BCUT2D eigenvalue weighted by molar-refractivity contribution is -0.387. The highest BCUT2D eigenvalue weighted by Crippen LogP contribution is 2.30. The molecule has 0 radical (unpaired) electrons. The van der Waals surface area contributed by atoms with Crippen LogP contribution in [0, 0.1) is 10.1 Å². The number of hydrogen-bond donors (Lipinski definition) is 0. The predicted molar refractivity (Wildman–Crippen MR) is 81.8 cm³/mol. The zero-order chi connectivity index (χ0) is 18.8. The molecule has 0 fully saturated rings. The zero-order valence-corrected chi connectivity index (χ0v) is 14.0. The van der Waals surface area contributed by atoms with Crippen molar-refractivity contribution in [3.8, 4) is 5.75 Å². The quantitative estimate of drug-likeness (QED) is 0.540. The third kappa shape index (κ3) is 3.74. The first-order chi connectivity index (χ1) is 11.7. The maximum absolute atomic E-state index is 12.8. The van der Waals surface area contributed by atoms with Crippen LogP contribution in [0.3, 0.4) is 0 Å². The molecule has 0 spiro atoms. The predicted octanol–water partition coefficient (Wildman–Crippen LogP) is 2.02. The number of rotatable bonds is 7. The van der Waals surface area contributed by atoms with Crippen LogP contribution in [-0.2, 0) is 16.6 Å². The summed E-state index contributed by atoms with van der Waals surface area (Å²) >= 11 is 0. The Morgan fingerprint density at radius 3 is 2.68 bits per heavy atom. The number of benzene rings is 1. The van der Waals surface area contributed by atoms with Crippen LogP contribution >= 0.6 is 0 Å². The van der Waals surface area contributed by atoms with Crippen LogP contribution in [0.15, 0.2) is 35.5 Å². The molecule has 0 saturated heterocycles. The number of nitro groups is 1. The summed E-state index contributed by atoms with van der Waals surface area (Å²) < 4.78 is 57.0. The average Bonchev–Trinajstić information content (AvgIpc) is 3.02. The van der Waals surface area contributed by atoms with E-state index in [9.17, 15) is 27.3 Å². The first-order valence-corrected chi connectivity index (χ1v) is 8.21. The average molecular weight is 376 g/mol. The molecule has 2 rings (SSSR count). The minimum atomic E-state index is -4.32. The second-order valence-corrected chi connectivity index (χ2v) is 6.89. The van der Waals surface area contributed by atoms with Gasteiger partial charge in [-0.1, -0.05) is 0 Å². The van der Waals surface area contributed by atoms with Gasteiger partial charge in [0.2, 0.25) is 10.0 Å². The first-order valence-electron chi connectivity index (χ1n) is 6.77. The minimum Gasteiger partial charge on any atom is -0.497 e. The van der Waals surface area contributed by atoms with Crippen LogP contribution in [0.1, 0.15) is 12.4 Å². The van der Waals surface area contributed by atoms with E-state index in [0.717, 1.165) is 31.6 Å². The molecule has 0 aliphatic heterocycles. The lowest BCUT2D eigenvalue weighted by atomic mass is 10.3. The van der Waals surface area contributed by atoms with Crippen molar-refractivity contribution in [1.82, 2.24) is 13.9 Å². The van der Waals surface area contributed by atoms with Crippen molar-refractivity contribution in [3.63, 3.8) is 0 Å². The summed E-state index contributed by atoms with van der Waals surface area (Å²) in [5, 5.41) is 11.2. The van der Waals surface area contributed by atoms with Crippen LogP contribution < -0.4 is 4.74 Å². The van der Waals surface area contributed by atoms with Crippen LogP contribution in [0.4, 0.5) is 14.5 Å². The molecule has 0 saturated carbocycles. The number of nitrogens with zero attached hydrogens (tertiary/aromatic N) is 4. The van der Waals surface area contributed by atoms with Gasteiger partial charge in [0.15, 0.2) is 4.90 Å². The van der Waals surface area contributed by atoms with Gasteiger partial charge in [0.1, 0.15) is 11.6 Å². The van der Waals surface area contributed by atoms with Crippen molar-refractivity contribution in [2.24, 2.45) is 0 Å². The third-order valence-corrected chi connectivity index (χ3v) is 5.23. The number of alkyl halides is 2. The normalized spacial score (nSPS) is 11.9. The Kier molecular flexibility index (Phi) is 5.33. The van der Waals surface area contributed by atoms with Gasteiger partial charge in [-0.05, 0) is 12.1 Å². The molecule has 0 aliphatic carbocycles. The number of hydrogen-bond acceptors (Lipinski definition) is 6. The van der Waals surface area contributed by atoms with Crippen LogP contribution in [0.2, 0.25) is 0 Å². The summed E-state index contributed by atoms with van der Waals surface area (Å²) in [6.07, 6.45) is 2.12. The molecule has 12 heteroatoms. The molecule has 0 unspecified atom stereocenters. The molecule has 0 N–H and O–H groups in total. The smallest absolute Gasteiger partial charge is 0.319 e. The Hall–Kier alpha value is -2.60. The van der Waals surface area contributed by atoms with Crippen LogP contribution in [0.25, 0.3) is 0 Å². The second-order valence-electron chi connectivity index (χ2n) is 4.88. The molecule has 136 valence electrons. The second kappa shape index (κ2) is 7.11. The monoisotopic (exact) mass is 376 g/mol. The Labute approximate surface area is 141 Å². The number of nitro benzene ring substituents is 1. The maximum atomic E-state index is 12.8. The van der Waals surface area contributed by atoms with E-state index in [2.05, 4.69) is 4.98 Å². The van der Waals surface area contributed by atoms with Crippen LogP contribution in [0.5, 0.6) is 5.75 Å². The Morgan fingerprint density at radius 1 is 1.44 bits per heavy atom. The number of methoxy groups -OCH3 is 1. The third-order valence-electron chi connectivity index (χ3n) is 3.37. The molecule has 2 aromatic rings. The highest BCUT2D eigenvalue weighted by molar-refractivity contribution is 7.89. The zero-order valence-electron chi connectivity index (χ0n) is 13.2. The topological polar surface area (TPSA) is 108 Å². The number of ether oxygens (including phenoxy) is 1. The molecule has 25 heavy (non-hydrogen) atoms. The van der Waals surface area contributed by atoms with Crippen molar-refractivity contribution in [2.45, 2.75) is 18.0 Å². The fraction of sp³-hybridized carbons (Fsp3) is 0.308. The van der Waals surface area contributed by atoms with Gasteiger partial charge in [-0.3, -0.25) is 14.7 Å². The van der Waals surface area contributed by atoms with Crippen LogP contribution in [-0.4, -0.2) is 41.4 Å². The van der Waals surface area contributed by atoms with E-state index in [0.29, 0.717) is 8.87 Å². The molecular weight excluding hydrogens is 362 g/mol. The van der Waals surface area contributed by atoms with Gasteiger partial charge in [-0.2, -0.15) is 13.1 Å². The lowest BCUT2D eigenvalue weighted by Crippen LogP contribution is -2.28. The molecule has 1 heterocycles. The van der Waals surface area contributed by atoms with Crippen molar-refractivity contribution >= 4 is 15.7 Å². The lowest BCUT2D eigenvalue weighted by Gasteiger charge is -2.17. The summed E-state index contributed by atoms with van der Waals surface area (Å²) in [6.45, 7) is -3.37. The Bertz CT molecular complexity index is 884. The van der Waals surface area contributed by atoms with Crippen molar-refractivity contribution in [1.29, 1.82) is 0 Å². The summed E-state index contributed by atoms with van der Waals surface area (Å²) in [7, 11) is -1.92. The highest BCUT2D eigenvalue weighted by Gasteiger charge is 2.31. The van der Waals surface area contributed by atoms with Gasteiger partial charge in [0.05, 0.1) is 24.6 Å². The molecule has 0 atom stereocenters. The molecule has 1 aromatic heterocycles. The van der Waals surface area contributed by atoms with Crippen molar-refractivity contribution in [2.75, 3.05) is 14.2 Å². The van der Waals surface area contributed by atoms with E-state index in [1.807, 2.05) is 0 Å². The fourth-order valence-electron chi connectivity index (χ4n) is 2.08. The maximum Gasteiger partial charge on any atom is 0.319 e. The standard InChI is InChI=1S/C13H14F2N4O5S/c1-17(8-12-16-5-6-18(12)13(14)15)25(22,23)11-4-3-9(24-2)7-10(11)19(20)21/h3-7,13H,8H2,1-2H3. The van der Waals surface area contributed by atoms with E-state index in [4.69, 9.17) is 4.74 Å². The first kappa shape index (κ1) is 18.7. The SMILES string of the molecule is COc1ccc(S(=O)(=O)N(C)Cc2nccn2C(F)F)c([N+](=O)[O-])c1. The summed E-state index contributed by atoms with van der Waals surface area (Å²) in [5.74, 6) is -0.0845. The molecule has 0 aliphatic rings. The van der Waals surface area contributed by atoms with E-state index in [1.54, 1.807) is 0 Å². The van der Waals surface area contributed by atoms with Gasteiger partial charge < -0.3 is 4.74 Å². The molecule has 9 nitrogen and oxygen atoms in total. The molecule has 0 amide bonds. The number of sulfonamides is 1. The van der Waals surface area contributed by atoms with E-state index in [1.165, 1.54) is 13.2 Å². The van der Waals surface area contributed by atoms with Gasteiger partial charge in [-0.25, -0.2) is 13.4 Å². The van der Waals surface area contributed by atoms with Gasteiger partial charge in [0, 0.05) is 19.4 Å². The summed E-state index contributed by atoms with van der Waals surface area (Å²) in [4.78, 5) is 13.4. The Morgan fingerprint density at radius 2 is 2.12 bits per heavy atom. The number of halogens is 2. The highest BCUT2D eigenvalue weighted by atomic mass is 32.2. The van der Waals surface area contributed by atoms with Crippen molar-refractivity contribution < 1.29 is 26.9 Å². The summed E-state index contributed by atoms with van der Waals surface area (Å²) in [5.41, 5.74) is -0.677. The van der Waals surface area contributed by atoms with E-state index in [-0.39, 0.29) is 11.6 Å². The Balaban J connectivity index is 2.41. The van der Waals surface area contributed by atoms with Gasteiger partial charge >= 0.3 is 6.55 Å². The molecular formula is C13H14F2N4O5S. The van der Waals surface area contributed by atoms with E-state index >= 15 is 0 Å². The fourth-order valence-corrected chi connectivity index (χ4v) is 3.34. The number of imidazole rings is 1. The van der Waals surface area contributed by atoms with Gasteiger partial charge in [-0.15, -0.1) is 0 Å². The molecule has 0 bridgehead atoms. The van der Waals surface area contributed by atoms with Gasteiger partial charge in [0.25, 0.3) is 5.69 Å².